The Morgan fingerprint density at radius 2 is 1.97 bits per heavy atom. The van der Waals surface area contributed by atoms with Gasteiger partial charge in [-0.1, -0.05) is 42.6 Å². The van der Waals surface area contributed by atoms with E-state index in [0.29, 0.717) is 21.4 Å². The van der Waals surface area contributed by atoms with Crippen molar-refractivity contribution in [3.05, 3.63) is 50.6 Å². The molecule has 2 aromatic rings. The lowest BCUT2D eigenvalue weighted by molar-refractivity contribution is -0.131. The number of piperidine rings is 1. The van der Waals surface area contributed by atoms with Gasteiger partial charge < -0.3 is 0 Å². The van der Waals surface area contributed by atoms with Crippen LogP contribution in [0, 0.1) is 5.92 Å². The van der Waals surface area contributed by atoms with Gasteiger partial charge in [-0.05, 0) is 42.5 Å². The molecule has 0 unspecified atom stereocenters. The van der Waals surface area contributed by atoms with Crippen LogP contribution in [-0.2, 0) is 4.79 Å². The average molecular weight is 472 g/mol. The SMILES string of the molecule is C[C@@H]1C(C(=O)N(Cl)N2CCCCC2)=NN(c2ccc(Cl)cc2Cl)[C@@H]1c1cccs1. The first-order chi connectivity index (χ1) is 14.0. The van der Waals surface area contributed by atoms with E-state index < -0.39 is 0 Å². The molecule has 0 bridgehead atoms. The highest BCUT2D eigenvalue weighted by molar-refractivity contribution is 7.10. The van der Waals surface area contributed by atoms with Crippen LogP contribution in [0.2, 0.25) is 10.0 Å². The molecule has 29 heavy (non-hydrogen) atoms. The van der Waals surface area contributed by atoms with Gasteiger partial charge in [-0.3, -0.25) is 9.80 Å². The molecule has 5 nitrogen and oxygen atoms in total. The van der Waals surface area contributed by atoms with Crippen LogP contribution >= 0.6 is 46.3 Å². The fraction of sp³-hybridized carbons (Fsp3) is 0.400. The van der Waals surface area contributed by atoms with Gasteiger partial charge in [-0.25, -0.2) is 5.01 Å². The van der Waals surface area contributed by atoms with Crippen LogP contribution in [0.15, 0.2) is 40.8 Å². The predicted molar refractivity (Wildman–Crippen MR) is 121 cm³/mol. The Morgan fingerprint density at radius 1 is 1.21 bits per heavy atom. The second kappa shape index (κ2) is 8.82. The third-order valence-electron chi connectivity index (χ3n) is 5.34. The highest BCUT2D eigenvalue weighted by Crippen LogP contribution is 2.44. The smallest absolute Gasteiger partial charge is 0.265 e. The number of benzene rings is 1. The summed E-state index contributed by atoms with van der Waals surface area (Å²) in [5.74, 6) is -0.436. The van der Waals surface area contributed by atoms with E-state index in [1.54, 1.807) is 23.5 Å². The van der Waals surface area contributed by atoms with Crippen molar-refractivity contribution >= 4 is 63.6 Å². The zero-order valence-electron chi connectivity index (χ0n) is 15.9. The van der Waals surface area contributed by atoms with Crippen molar-refractivity contribution in [3.8, 4) is 0 Å². The molecule has 1 aromatic carbocycles. The Kier molecular flexibility index (Phi) is 6.37. The third-order valence-corrected chi connectivity index (χ3v) is 7.19. The molecule has 0 radical (unpaired) electrons. The number of anilines is 1. The van der Waals surface area contributed by atoms with Crippen molar-refractivity contribution in [2.24, 2.45) is 11.0 Å². The van der Waals surface area contributed by atoms with E-state index in [2.05, 4.69) is 6.07 Å². The number of rotatable bonds is 4. The second-order valence-corrected chi connectivity index (χ2v) is 9.40. The number of hydrazine groups is 1. The van der Waals surface area contributed by atoms with Crippen LogP contribution in [0.25, 0.3) is 0 Å². The number of thiophene rings is 1. The Bertz CT molecular complexity index is 914. The third kappa shape index (κ3) is 4.14. The van der Waals surface area contributed by atoms with Crippen molar-refractivity contribution in [2.75, 3.05) is 18.1 Å². The molecule has 1 saturated heterocycles. The number of hydrazone groups is 1. The lowest BCUT2D eigenvalue weighted by atomic mass is 9.95. The summed E-state index contributed by atoms with van der Waals surface area (Å²) in [4.78, 5) is 14.3. The lowest BCUT2D eigenvalue weighted by Crippen LogP contribution is -2.46. The summed E-state index contributed by atoms with van der Waals surface area (Å²) in [7, 11) is 0. The number of hydrogen-bond acceptors (Lipinski definition) is 5. The molecule has 2 atom stereocenters. The molecule has 1 fully saturated rings. The molecule has 4 rings (SSSR count). The van der Waals surface area contributed by atoms with E-state index in [4.69, 9.17) is 40.1 Å². The van der Waals surface area contributed by atoms with Crippen molar-refractivity contribution < 1.29 is 4.79 Å². The average Bonchev–Trinajstić information content (AvgIpc) is 3.35. The summed E-state index contributed by atoms with van der Waals surface area (Å²) in [6, 6.07) is 9.20. The Morgan fingerprint density at radius 3 is 2.62 bits per heavy atom. The van der Waals surface area contributed by atoms with Gasteiger partial charge in [0.2, 0.25) is 0 Å². The zero-order chi connectivity index (χ0) is 20.5. The Labute approximate surface area is 189 Å². The van der Waals surface area contributed by atoms with Gasteiger partial charge in [0.25, 0.3) is 5.91 Å². The van der Waals surface area contributed by atoms with Crippen molar-refractivity contribution in [1.82, 2.24) is 9.54 Å². The number of halogens is 3. The molecule has 154 valence electrons. The minimum atomic E-state index is -0.282. The van der Waals surface area contributed by atoms with Crippen molar-refractivity contribution in [2.45, 2.75) is 32.2 Å². The molecule has 2 aliphatic heterocycles. The van der Waals surface area contributed by atoms with Crippen LogP contribution in [0.1, 0.15) is 37.1 Å². The molecule has 1 amide bonds. The zero-order valence-corrected chi connectivity index (χ0v) is 19.0. The minimum Gasteiger partial charge on any atom is -0.265 e. The minimum absolute atomic E-state index is 0.140. The maximum absolute atomic E-state index is 13.2. The molecule has 0 aliphatic carbocycles. The van der Waals surface area contributed by atoms with Gasteiger partial charge in [0.05, 0.1) is 16.8 Å². The molecule has 0 N–H and O–H groups in total. The number of hydrogen-bond donors (Lipinski definition) is 0. The van der Waals surface area contributed by atoms with E-state index in [1.807, 2.05) is 34.5 Å². The highest BCUT2D eigenvalue weighted by Gasteiger charge is 2.42. The fourth-order valence-electron chi connectivity index (χ4n) is 3.84. The first-order valence-corrected chi connectivity index (χ1v) is 11.6. The van der Waals surface area contributed by atoms with Gasteiger partial charge >= 0.3 is 0 Å². The summed E-state index contributed by atoms with van der Waals surface area (Å²) >= 11 is 20.6. The molecule has 9 heteroatoms. The summed E-state index contributed by atoms with van der Waals surface area (Å²) in [6.45, 7) is 3.56. The van der Waals surface area contributed by atoms with Gasteiger partial charge in [-0.15, -0.1) is 11.3 Å². The molecule has 3 heterocycles. The summed E-state index contributed by atoms with van der Waals surface area (Å²) in [5.41, 5.74) is 1.14. The van der Waals surface area contributed by atoms with Crippen LogP contribution < -0.4 is 5.01 Å². The quantitative estimate of drug-likeness (QED) is 0.514. The fourth-order valence-corrected chi connectivity index (χ4v) is 5.49. The molecular formula is C20H21Cl3N4OS. The van der Waals surface area contributed by atoms with Gasteiger partial charge in [-0.2, -0.15) is 9.63 Å². The summed E-state index contributed by atoms with van der Waals surface area (Å²) < 4.78 is 1.22. The number of carbonyl (C=O) groups is 1. The maximum atomic E-state index is 13.2. The van der Waals surface area contributed by atoms with E-state index in [1.165, 1.54) is 4.53 Å². The number of nitrogens with zero attached hydrogens (tertiary/aromatic N) is 4. The monoisotopic (exact) mass is 470 g/mol. The van der Waals surface area contributed by atoms with Gasteiger partial charge in [0, 0.05) is 40.7 Å². The standard InChI is InChI=1S/C20H21Cl3N4OS/c1-13-18(20(28)27(23)25-9-3-2-4-10-25)24-26(19(13)17-6-5-11-29-17)16-8-7-14(21)12-15(16)22/h5-8,11-13,19H,2-4,9-10H2,1H3/t13-,19+/m1/s1. The summed E-state index contributed by atoms with van der Waals surface area (Å²) in [5, 5.41) is 11.5. The Balaban J connectivity index is 1.69. The van der Waals surface area contributed by atoms with E-state index in [-0.39, 0.29) is 17.9 Å². The van der Waals surface area contributed by atoms with Crippen LogP contribution in [0.4, 0.5) is 5.69 Å². The largest absolute Gasteiger partial charge is 0.299 e. The first-order valence-electron chi connectivity index (χ1n) is 9.58. The molecule has 0 spiro atoms. The van der Waals surface area contributed by atoms with Crippen molar-refractivity contribution in [1.29, 1.82) is 0 Å². The predicted octanol–water partition coefficient (Wildman–Crippen LogP) is 5.99. The van der Waals surface area contributed by atoms with Crippen molar-refractivity contribution in [3.63, 3.8) is 0 Å². The topological polar surface area (TPSA) is 39.2 Å². The number of amides is 1. The lowest BCUT2D eigenvalue weighted by Gasteiger charge is -2.32. The molecule has 1 aromatic heterocycles. The van der Waals surface area contributed by atoms with Gasteiger partial charge in [0.15, 0.2) is 0 Å². The Hall–Kier alpha value is -1.31. The van der Waals surface area contributed by atoms with Crippen LogP contribution in [0.3, 0.4) is 0 Å². The molecule has 2 aliphatic rings. The van der Waals surface area contributed by atoms with Crippen LogP contribution in [-0.4, -0.2) is 34.2 Å². The first kappa shape index (κ1) is 20.9. The highest BCUT2D eigenvalue weighted by atomic mass is 35.5. The molecular weight excluding hydrogens is 451 g/mol. The number of carbonyl (C=O) groups excluding carboxylic acids is 1. The second-order valence-electron chi connectivity index (χ2n) is 7.25. The maximum Gasteiger partial charge on any atom is 0.299 e. The summed E-state index contributed by atoms with van der Waals surface area (Å²) in [6.07, 6.45) is 3.22. The van der Waals surface area contributed by atoms with E-state index in [9.17, 15) is 4.79 Å². The van der Waals surface area contributed by atoms with E-state index in [0.717, 1.165) is 37.2 Å². The van der Waals surface area contributed by atoms with Gasteiger partial charge in [0.1, 0.15) is 5.71 Å². The van der Waals surface area contributed by atoms with E-state index >= 15 is 0 Å². The van der Waals surface area contributed by atoms with Crippen LogP contribution in [0.5, 0.6) is 0 Å². The molecule has 0 saturated carbocycles. The normalized spacial score (nSPS) is 22.6.